The normalized spacial score (nSPS) is 19.6. The molecule has 0 unspecified atom stereocenters. The Hall–Kier alpha value is -1.70. The number of ether oxygens (including phenoxy) is 1. The number of allylic oxidation sites excluding steroid dienone is 1. The molecular weight excluding hydrogens is 224 g/mol. The van der Waals surface area contributed by atoms with Crippen LogP contribution >= 0.6 is 0 Å². The summed E-state index contributed by atoms with van der Waals surface area (Å²) in [7, 11) is 0. The van der Waals surface area contributed by atoms with Crippen LogP contribution in [0.3, 0.4) is 0 Å². The van der Waals surface area contributed by atoms with Crippen LogP contribution < -0.4 is 4.74 Å². The van der Waals surface area contributed by atoms with E-state index in [1.165, 1.54) is 22.1 Å². The van der Waals surface area contributed by atoms with Gasteiger partial charge in [-0.25, -0.2) is 0 Å². The van der Waals surface area contributed by atoms with Crippen LogP contribution in [-0.2, 0) is 0 Å². The fourth-order valence-electron chi connectivity index (χ4n) is 2.94. The van der Waals surface area contributed by atoms with Crippen LogP contribution in [0.1, 0.15) is 36.5 Å². The SMILES string of the molecule is CC1=CC2(CC2)Oc2c1cc1c(C)coc1c2C. The Bertz CT molecular complexity index is 699. The van der Waals surface area contributed by atoms with E-state index in [1.54, 1.807) is 0 Å². The van der Waals surface area contributed by atoms with Gasteiger partial charge < -0.3 is 9.15 Å². The second kappa shape index (κ2) is 3.00. The summed E-state index contributed by atoms with van der Waals surface area (Å²) >= 11 is 0. The molecule has 0 amide bonds. The molecule has 1 aromatic carbocycles. The lowest BCUT2D eigenvalue weighted by Crippen LogP contribution is -2.20. The zero-order valence-electron chi connectivity index (χ0n) is 11.0. The largest absolute Gasteiger partial charge is 0.482 e. The standard InChI is InChI=1S/C16H16O2/c1-9-7-16(4-5-16)18-15-11(3)14-13(6-12(9)15)10(2)8-17-14/h6-8H,4-5H2,1-3H3. The summed E-state index contributed by atoms with van der Waals surface area (Å²) in [5, 5.41) is 1.20. The summed E-state index contributed by atoms with van der Waals surface area (Å²) in [6.45, 7) is 6.36. The Morgan fingerprint density at radius 1 is 1.17 bits per heavy atom. The van der Waals surface area contributed by atoms with Gasteiger partial charge in [-0.05, 0) is 56.9 Å². The summed E-state index contributed by atoms with van der Waals surface area (Å²) < 4.78 is 11.9. The van der Waals surface area contributed by atoms with Crippen molar-refractivity contribution in [3.05, 3.63) is 35.1 Å². The summed E-state index contributed by atoms with van der Waals surface area (Å²) in [4.78, 5) is 0. The molecule has 0 N–H and O–H groups in total. The average molecular weight is 240 g/mol. The smallest absolute Gasteiger partial charge is 0.140 e. The van der Waals surface area contributed by atoms with E-state index in [2.05, 4.69) is 32.9 Å². The van der Waals surface area contributed by atoms with Crippen molar-refractivity contribution in [3.8, 4) is 5.75 Å². The third kappa shape index (κ3) is 1.18. The molecule has 1 aliphatic heterocycles. The fourth-order valence-corrected chi connectivity index (χ4v) is 2.94. The third-order valence-electron chi connectivity index (χ3n) is 4.19. The first kappa shape index (κ1) is 10.2. The first-order valence-corrected chi connectivity index (χ1v) is 6.50. The number of benzene rings is 1. The molecule has 2 aliphatic rings. The molecule has 1 aliphatic carbocycles. The van der Waals surface area contributed by atoms with E-state index in [0.717, 1.165) is 29.7 Å². The van der Waals surface area contributed by atoms with Crippen LogP contribution in [0.2, 0.25) is 0 Å². The molecule has 2 nitrogen and oxygen atoms in total. The van der Waals surface area contributed by atoms with Gasteiger partial charge >= 0.3 is 0 Å². The molecule has 0 atom stereocenters. The Kier molecular flexibility index (Phi) is 1.71. The molecule has 0 saturated heterocycles. The summed E-state index contributed by atoms with van der Waals surface area (Å²) in [6.07, 6.45) is 6.39. The van der Waals surface area contributed by atoms with E-state index in [-0.39, 0.29) is 5.60 Å². The number of rotatable bonds is 0. The number of hydrogen-bond donors (Lipinski definition) is 0. The van der Waals surface area contributed by atoms with E-state index in [0.29, 0.717) is 0 Å². The molecule has 1 spiro atoms. The van der Waals surface area contributed by atoms with Crippen molar-refractivity contribution < 1.29 is 9.15 Å². The zero-order valence-corrected chi connectivity index (χ0v) is 11.0. The third-order valence-corrected chi connectivity index (χ3v) is 4.19. The van der Waals surface area contributed by atoms with Gasteiger partial charge in [-0.15, -0.1) is 0 Å². The lowest BCUT2D eigenvalue weighted by molar-refractivity contribution is 0.224. The molecule has 4 rings (SSSR count). The molecule has 1 aromatic heterocycles. The van der Waals surface area contributed by atoms with Crippen LogP contribution in [-0.4, -0.2) is 5.60 Å². The molecule has 2 heterocycles. The van der Waals surface area contributed by atoms with Crippen molar-refractivity contribution in [3.63, 3.8) is 0 Å². The lowest BCUT2D eigenvalue weighted by Gasteiger charge is -2.25. The minimum atomic E-state index is -0.00282. The highest BCUT2D eigenvalue weighted by molar-refractivity contribution is 5.91. The molecule has 92 valence electrons. The first-order chi connectivity index (χ1) is 8.60. The Morgan fingerprint density at radius 2 is 1.94 bits per heavy atom. The minimum absolute atomic E-state index is 0.00282. The quantitative estimate of drug-likeness (QED) is 0.682. The van der Waals surface area contributed by atoms with Crippen molar-refractivity contribution in [1.82, 2.24) is 0 Å². The van der Waals surface area contributed by atoms with Gasteiger partial charge in [-0.2, -0.15) is 0 Å². The van der Waals surface area contributed by atoms with Crippen molar-refractivity contribution in [1.29, 1.82) is 0 Å². The molecule has 1 fully saturated rings. The van der Waals surface area contributed by atoms with E-state index in [9.17, 15) is 0 Å². The minimum Gasteiger partial charge on any atom is -0.482 e. The number of fused-ring (bicyclic) bond motifs is 2. The van der Waals surface area contributed by atoms with Gasteiger partial charge in [0.25, 0.3) is 0 Å². The van der Waals surface area contributed by atoms with Gasteiger partial charge in [0.1, 0.15) is 16.9 Å². The van der Waals surface area contributed by atoms with E-state index in [4.69, 9.17) is 9.15 Å². The topological polar surface area (TPSA) is 22.4 Å². The maximum atomic E-state index is 6.21. The molecule has 0 radical (unpaired) electrons. The Labute approximate surface area is 106 Å². The van der Waals surface area contributed by atoms with Gasteiger partial charge in [0.15, 0.2) is 0 Å². The van der Waals surface area contributed by atoms with Crippen LogP contribution in [0.25, 0.3) is 16.5 Å². The van der Waals surface area contributed by atoms with E-state index in [1.807, 2.05) is 6.26 Å². The van der Waals surface area contributed by atoms with Gasteiger partial charge in [-0.3, -0.25) is 0 Å². The monoisotopic (exact) mass is 240 g/mol. The Balaban J connectivity index is 2.06. The van der Waals surface area contributed by atoms with Crippen LogP contribution in [0, 0.1) is 13.8 Å². The van der Waals surface area contributed by atoms with Crippen LogP contribution in [0.15, 0.2) is 22.8 Å². The van der Waals surface area contributed by atoms with Crippen molar-refractivity contribution >= 4 is 16.5 Å². The summed E-state index contributed by atoms with van der Waals surface area (Å²) in [6, 6.07) is 2.21. The van der Waals surface area contributed by atoms with Crippen LogP contribution in [0.4, 0.5) is 0 Å². The molecule has 18 heavy (non-hydrogen) atoms. The maximum absolute atomic E-state index is 6.21. The number of aryl methyl sites for hydroxylation is 2. The predicted molar refractivity (Wildman–Crippen MR) is 71.9 cm³/mol. The predicted octanol–water partition coefficient (Wildman–Crippen LogP) is 4.38. The highest BCUT2D eigenvalue weighted by atomic mass is 16.5. The van der Waals surface area contributed by atoms with Gasteiger partial charge in [0.05, 0.1) is 6.26 Å². The molecular formula is C16H16O2. The summed E-state index contributed by atoms with van der Waals surface area (Å²) in [5.41, 5.74) is 5.85. The number of hydrogen-bond acceptors (Lipinski definition) is 2. The van der Waals surface area contributed by atoms with Crippen molar-refractivity contribution in [2.75, 3.05) is 0 Å². The summed E-state index contributed by atoms with van der Waals surface area (Å²) in [5.74, 6) is 1.02. The lowest BCUT2D eigenvalue weighted by atomic mass is 9.95. The maximum Gasteiger partial charge on any atom is 0.140 e. The van der Waals surface area contributed by atoms with Crippen LogP contribution in [0.5, 0.6) is 5.75 Å². The van der Waals surface area contributed by atoms with Gasteiger partial charge in [-0.1, -0.05) is 0 Å². The molecule has 0 bridgehead atoms. The first-order valence-electron chi connectivity index (χ1n) is 6.50. The number of furan rings is 1. The van der Waals surface area contributed by atoms with Crippen molar-refractivity contribution in [2.45, 2.75) is 39.2 Å². The van der Waals surface area contributed by atoms with Gasteiger partial charge in [0.2, 0.25) is 0 Å². The highest BCUT2D eigenvalue weighted by Crippen LogP contribution is 2.51. The second-order valence-corrected chi connectivity index (χ2v) is 5.67. The zero-order chi connectivity index (χ0) is 12.5. The van der Waals surface area contributed by atoms with Crippen molar-refractivity contribution in [2.24, 2.45) is 0 Å². The Morgan fingerprint density at radius 3 is 2.67 bits per heavy atom. The van der Waals surface area contributed by atoms with E-state index >= 15 is 0 Å². The second-order valence-electron chi connectivity index (χ2n) is 5.67. The average Bonchev–Trinajstić information content (AvgIpc) is 2.97. The molecule has 1 saturated carbocycles. The molecule has 2 heteroatoms. The fraction of sp³-hybridized carbons (Fsp3) is 0.375. The van der Waals surface area contributed by atoms with Gasteiger partial charge in [0, 0.05) is 16.5 Å². The highest BCUT2D eigenvalue weighted by Gasteiger charge is 2.46. The van der Waals surface area contributed by atoms with E-state index < -0.39 is 0 Å². The molecule has 2 aromatic rings.